The summed E-state index contributed by atoms with van der Waals surface area (Å²) >= 11 is 0. The largest absolute Gasteiger partial charge is 0.372 e. The summed E-state index contributed by atoms with van der Waals surface area (Å²) in [7, 11) is -1.44. The molecule has 1 saturated carbocycles. The lowest BCUT2D eigenvalue weighted by atomic mass is 10.0. The van der Waals surface area contributed by atoms with Gasteiger partial charge in [-0.15, -0.1) is 0 Å². The van der Waals surface area contributed by atoms with Crippen molar-refractivity contribution in [2.75, 3.05) is 18.9 Å². The topological polar surface area (TPSA) is 75.2 Å². The van der Waals surface area contributed by atoms with Crippen LogP contribution in [0.1, 0.15) is 56.7 Å². The normalized spacial score (nSPS) is 24.5. The van der Waals surface area contributed by atoms with Crippen molar-refractivity contribution in [3.05, 3.63) is 18.1 Å². The van der Waals surface area contributed by atoms with E-state index >= 15 is 0 Å². The van der Waals surface area contributed by atoms with Gasteiger partial charge in [0.15, 0.2) is 0 Å². The van der Waals surface area contributed by atoms with Gasteiger partial charge in [-0.2, -0.15) is 4.31 Å². The quantitative estimate of drug-likeness (QED) is 0.920. The van der Waals surface area contributed by atoms with E-state index in [0.717, 1.165) is 50.6 Å². The van der Waals surface area contributed by atoms with Gasteiger partial charge in [-0.1, -0.05) is 19.3 Å². The van der Waals surface area contributed by atoms with E-state index in [1.807, 2.05) is 0 Å². The van der Waals surface area contributed by atoms with Gasteiger partial charge in [0, 0.05) is 13.6 Å². The highest BCUT2D eigenvalue weighted by Gasteiger charge is 2.40. The van der Waals surface area contributed by atoms with Crippen molar-refractivity contribution in [3.8, 4) is 0 Å². The first kappa shape index (κ1) is 15.7. The minimum absolute atomic E-state index is 0.160. The molecule has 1 aliphatic heterocycles. The van der Waals surface area contributed by atoms with E-state index in [-0.39, 0.29) is 11.3 Å². The molecule has 2 aliphatic rings. The molecule has 0 spiro atoms. The lowest BCUT2D eigenvalue weighted by molar-refractivity contribution is 0.370. The van der Waals surface area contributed by atoms with Gasteiger partial charge >= 0.3 is 0 Å². The average Bonchev–Trinajstić information content (AvgIpc) is 3.06. The number of aromatic nitrogens is 2. The third kappa shape index (κ3) is 2.96. The Balaban J connectivity index is 1.85. The highest BCUT2D eigenvalue weighted by Crippen LogP contribution is 2.37. The summed E-state index contributed by atoms with van der Waals surface area (Å²) in [6.07, 6.45) is 9.87. The lowest BCUT2D eigenvalue weighted by Gasteiger charge is -2.30. The summed E-state index contributed by atoms with van der Waals surface area (Å²) in [5.41, 5.74) is 0.753. The molecule has 3 rings (SSSR count). The Hall–Kier alpha value is -1.21. The third-order valence-electron chi connectivity index (χ3n) is 4.75. The second kappa shape index (κ2) is 6.50. The van der Waals surface area contributed by atoms with Crippen LogP contribution >= 0.6 is 0 Å². The maximum absolute atomic E-state index is 13.0. The monoisotopic (exact) mass is 324 g/mol. The Morgan fingerprint density at radius 1 is 1.14 bits per heavy atom. The van der Waals surface area contributed by atoms with Crippen LogP contribution < -0.4 is 5.32 Å². The van der Waals surface area contributed by atoms with Crippen molar-refractivity contribution in [1.29, 1.82) is 0 Å². The number of sulfonamides is 1. The molecule has 122 valence electrons. The van der Waals surface area contributed by atoms with Crippen LogP contribution in [0.2, 0.25) is 0 Å². The molecule has 1 N–H and O–H groups in total. The molecule has 1 aromatic heterocycles. The Morgan fingerprint density at radius 2 is 1.91 bits per heavy atom. The summed E-state index contributed by atoms with van der Waals surface area (Å²) in [5, 5.41) is 2.76. The van der Waals surface area contributed by atoms with E-state index in [0.29, 0.717) is 12.4 Å². The first-order valence-corrected chi connectivity index (χ1v) is 9.63. The molecule has 7 heteroatoms. The summed E-state index contributed by atoms with van der Waals surface area (Å²) in [4.78, 5) is 8.68. The van der Waals surface area contributed by atoms with E-state index in [2.05, 4.69) is 15.3 Å². The molecule has 2 heterocycles. The number of nitrogens with one attached hydrogen (secondary N) is 1. The molecule has 2 fully saturated rings. The minimum Gasteiger partial charge on any atom is -0.372 e. The summed E-state index contributed by atoms with van der Waals surface area (Å²) in [5.74, 6) is 0.680. The molecule has 22 heavy (non-hydrogen) atoms. The fourth-order valence-electron chi connectivity index (χ4n) is 3.56. The van der Waals surface area contributed by atoms with E-state index in [9.17, 15) is 8.42 Å². The molecule has 1 unspecified atom stereocenters. The van der Waals surface area contributed by atoms with Crippen molar-refractivity contribution in [2.45, 2.75) is 56.2 Å². The van der Waals surface area contributed by atoms with Gasteiger partial charge in [-0.05, 0) is 25.7 Å². The molecule has 6 nitrogen and oxygen atoms in total. The molecule has 1 atom stereocenters. The molecule has 1 aromatic rings. The van der Waals surface area contributed by atoms with E-state index < -0.39 is 10.0 Å². The first-order valence-electron chi connectivity index (χ1n) is 8.13. The third-order valence-corrected chi connectivity index (χ3v) is 7.16. The van der Waals surface area contributed by atoms with Gasteiger partial charge in [-0.3, -0.25) is 4.98 Å². The highest BCUT2D eigenvalue weighted by molar-refractivity contribution is 7.89. The molecule has 0 aromatic carbocycles. The van der Waals surface area contributed by atoms with Gasteiger partial charge in [0.1, 0.15) is 5.82 Å². The van der Waals surface area contributed by atoms with Gasteiger partial charge in [0.25, 0.3) is 0 Å². The second-order valence-electron chi connectivity index (χ2n) is 6.15. The minimum atomic E-state index is -3.23. The van der Waals surface area contributed by atoms with Crippen LogP contribution in [0.4, 0.5) is 5.82 Å². The van der Waals surface area contributed by atoms with E-state index in [4.69, 9.17) is 0 Å². The Kier molecular flexibility index (Phi) is 4.63. The average molecular weight is 324 g/mol. The van der Waals surface area contributed by atoms with Crippen LogP contribution in [0, 0.1) is 0 Å². The zero-order valence-corrected chi connectivity index (χ0v) is 13.8. The number of rotatable bonds is 4. The fourth-order valence-corrected chi connectivity index (χ4v) is 5.82. The number of anilines is 1. The predicted octanol–water partition coefficient (Wildman–Crippen LogP) is 2.32. The molecule has 0 bridgehead atoms. The Labute approximate surface area is 132 Å². The van der Waals surface area contributed by atoms with Crippen LogP contribution in [0.3, 0.4) is 0 Å². The number of nitrogens with zero attached hydrogens (tertiary/aromatic N) is 3. The Morgan fingerprint density at radius 3 is 2.64 bits per heavy atom. The van der Waals surface area contributed by atoms with Gasteiger partial charge in [-0.25, -0.2) is 13.4 Å². The van der Waals surface area contributed by atoms with Crippen molar-refractivity contribution >= 4 is 15.8 Å². The zero-order chi connectivity index (χ0) is 15.6. The first-order chi connectivity index (χ1) is 10.6. The molecule has 1 saturated heterocycles. The van der Waals surface area contributed by atoms with E-state index in [1.54, 1.807) is 23.7 Å². The van der Waals surface area contributed by atoms with Crippen LogP contribution in [0.15, 0.2) is 12.4 Å². The van der Waals surface area contributed by atoms with Gasteiger partial charge < -0.3 is 5.32 Å². The van der Waals surface area contributed by atoms with Crippen LogP contribution in [-0.2, 0) is 10.0 Å². The van der Waals surface area contributed by atoms with Crippen molar-refractivity contribution in [3.63, 3.8) is 0 Å². The smallest absolute Gasteiger partial charge is 0.217 e. The second-order valence-corrected chi connectivity index (χ2v) is 8.32. The maximum atomic E-state index is 13.0. The van der Waals surface area contributed by atoms with Crippen molar-refractivity contribution in [2.24, 2.45) is 0 Å². The van der Waals surface area contributed by atoms with Gasteiger partial charge in [0.2, 0.25) is 10.0 Å². The number of hydrogen-bond donors (Lipinski definition) is 1. The number of hydrogen-bond acceptors (Lipinski definition) is 5. The summed E-state index contributed by atoms with van der Waals surface area (Å²) < 4.78 is 27.7. The highest BCUT2D eigenvalue weighted by atomic mass is 32.2. The van der Waals surface area contributed by atoms with Crippen LogP contribution in [-0.4, -0.2) is 41.5 Å². The van der Waals surface area contributed by atoms with Crippen molar-refractivity contribution in [1.82, 2.24) is 14.3 Å². The molecule has 0 amide bonds. The van der Waals surface area contributed by atoms with Crippen molar-refractivity contribution < 1.29 is 8.42 Å². The SMILES string of the molecule is CNc1cncc(C2CCCN2S(=O)(=O)C2CCCCC2)n1. The predicted molar refractivity (Wildman–Crippen MR) is 86.1 cm³/mol. The molecule has 0 radical (unpaired) electrons. The molecular weight excluding hydrogens is 300 g/mol. The summed E-state index contributed by atoms with van der Waals surface area (Å²) in [6.45, 7) is 0.606. The van der Waals surface area contributed by atoms with E-state index in [1.165, 1.54) is 0 Å². The molecular formula is C15H24N4O2S. The lowest BCUT2D eigenvalue weighted by Crippen LogP contribution is -2.39. The van der Waals surface area contributed by atoms with Crippen LogP contribution in [0.5, 0.6) is 0 Å². The van der Waals surface area contributed by atoms with Crippen LogP contribution in [0.25, 0.3) is 0 Å². The maximum Gasteiger partial charge on any atom is 0.217 e. The summed E-state index contributed by atoms with van der Waals surface area (Å²) in [6, 6.07) is -0.160. The zero-order valence-electron chi connectivity index (χ0n) is 13.0. The standard InChI is InChI=1S/C15H24N4O2S/c1-16-15-11-17-10-13(18-15)14-8-5-9-19(14)22(20,21)12-6-3-2-4-7-12/h10-12,14H,2-9H2,1H3,(H,16,18). The Bertz CT molecular complexity index is 614. The van der Waals surface area contributed by atoms with Gasteiger partial charge in [0.05, 0.1) is 29.4 Å². The molecule has 1 aliphatic carbocycles. The fraction of sp³-hybridized carbons (Fsp3) is 0.733.